The van der Waals surface area contributed by atoms with Gasteiger partial charge in [0, 0.05) is 31.9 Å². The van der Waals surface area contributed by atoms with Crippen molar-refractivity contribution in [1.82, 2.24) is 29.6 Å². The van der Waals surface area contributed by atoms with E-state index in [1.807, 2.05) is 24.3 Å². The third kappa shape index (κ3) is 9.10. The Morgan fingerprint density at radius 1 is 0.982 bits per heavy atom. The number of nitrogens with zero attached hydrogens (tertiary/aromatic N) is 6. The minimum Gasteiger partial charge on any atom is -0.495 e. The molecule has 0 unspecified atom stereocenters. The molecule has 300 valence electrons. The molecule has 0 saturated carbocycles. The first-order valence-electron chi connectivity index (χ1n) is 19.3. The van der Waals surface area contributed by atoms with E-state index < -0.39 is 20.5 Å². The number of fused-ring (bicyclic) bond motifs is 1. The molecule has 3 N–H and O–H groups in total. The molecular formula is C42H52N8O6Si. The Labute approximate surface area is 334 Å². The van der Waals surface area contributed by atoms with Crippen molar-refractivity contribution in [1.29, 1.82) is 0 Å². The summed E-state index contributed by atoms with van der Waals surface area (Å²) in [5.41, 5.74) is 3.68. The Morgan fingerprint density at radius 2 is 1.68 bits per heavy atom. The Kier molecular flexibility index (Phi) is 12.9. The zero-order valence-electron chi connectivity index (χ0n) is 33.5. The number of anilines is 2. The predicted octanol–water partition coefficient (Wildman–Crippen LogP) is 6.77. The maximum atomic E-state index is 12.3. The van der Waals surface area contributed by atoms with Gasteiger partial charge in [-0.15, -0.1) is 0 Å². The maximum Gasteiger partial charge on any atom is 0.413 e. The Hall–Kier alpha value is -5.80. The SMILES string of the molecule is CCC[C@@H](CCO[Si](c1ccccc1)(c1ccccc1)C(C)(C)C)Nc1nc(NC(=O)OC)nc2cnn(Cc3ncc(C4=CCN(C(=O)O)CC4)cc3OC)c12. The van der Waals surface area contributed by atoms with Crippen LogP contribution in [-0.2, 0) is 15.7 Å². The molecule has 0 spiro atoms. The number of carbonyl (C=O) groups excluding carboxylic acids is 1. The second-order valence-corrected chi connectivity index (χ2v) is 19.4. The molecule has 1 aliphatic heterocycles. The third-order valence-corrected chi connectivity index (χ3v) is 15.4. The van der Waals surface area contributed by atoms with Crippen LogP contribution in [0.1, 0.15) is 64.6 Å². The van der Waals surface area contributed by atoms with Crippen molar-refractivity contribution in [2.75, 3.05) is 44.5 Å². The number of hydrogen-bond acceptors (Lipinski definition) is 10. The number of pyridine rings is 1. The second kappa shape index (κ2) is 18.0. The smallest absolute Gasteiger partial charge is 0.413 e. The summed E-state index contributed by atoms with van der Waals surface area (Å²) in [6, 6.07) is 23.1. The van der Waals surface area contributed by atoms with Crippen LogP contribution < -0.4 is 25.7 Å². The monoisotopic (exact) mass is 792 g/mol. The molecule has 0 saturated heterocycles. The summed E-state index contributed by atoms with van der Waals surface area (Å²) in [4.78, 5) is 39.2. The van der Waals surface area contributed by atoms with Crippen molar-refractivity contribution < 1.29 is 28.6 Å². The summed E-state index contributed by atoms with van der Waals surface area (Å²) in [6.07, 6.45) is 6.72. The number of rotatable bonds is 15. The van der Waals surface area contributed by atoms with E-state index in [0.29, 0.717) is 60.8 Å². The van der Waals surface area contributed by atoms with Crippen LogP contribution >= 0.6 is 0 Å². The highest BCUT2D eigenvalue weighted by Gasteiger charge is 2.50. The largest absolute Gasteiger partial charge is 0.495 e. The van der Waals surface area contributed by atoms with Crippen LogP contribution in [0.2, 0.25) is 5.04 Å². The summed E-state index contributed by atoms with van der Waals surface area (Å²) in [5, 5.41) is 22.6. The van der Waals surface area contributed by atoms with Gasteiger partial charge >= 0.3 is 12.2 Å². The highest BCUT2D eigenvalue weighted by atomic mass is 28.4. The summed E-state index contributed by atoms with van der Waals surface area (Å²) < 4.78 is 19.7. The molecule has 0 radical (unpaired) electrons. The van der Waals surface area contributed by atoms with Crippen LogP contribution in [0.25, 0.3) is 16.6 Å². The van der Waals surface area contributed by atoms with Gasteiger partial charge in [-0.3, -0.25) is 15.0 Å². The van der Waals surface area contributed by atoms with Crippen molar-refractivity contribution >= 4 is 59.3 Å². The number of aromatic nitrogens is 5. The van der Waals surface area contributed by atoms with Crippen LogP contribution in [-0.4, -0.2) is 95.2 Å². The van der Waals surface area contributed by atoms with Crippen LogP contribution in [0.4, 0.5) is 21.4 Å². The second-order valence-electron chi connectivity index (χ2n) is 15.1. The molecule has 1 atom stereocenters. The van der Waals surface area contributed by atoms with E-state index in [9.17, 15) is 14.7 Å². The van der Waals surface area contributed by atoms with Gasteiger partial charge in [0.25, 0.3) is 8.32 Å². The zero-order chi connectivity index (χ0) is 40.6. The van der Waals surface area contributed by atoms with Crippen molar-refractivity contribution in [2.24, 2.45) is 0 Å². The van der Waals surface area contributed by atoms with Gasteiger partial charge in [-0.05, 0) is 51.9 Å². The van der Waals surface area contributed by atoms with E-state index in [-0.39, 0.29) is 23.6 Å². The number of hydrogen-bond donors (Lipinski definition) is 3. The minimum atomic E-state index is -2.76. The number of benzene rings is 2. The summed E-state index contributed by atoms with van der Waals surface area (Å²) in [5.74, 6) is 1.15. The third-order valence-electron chi connectivity index (χ3n) is 10.4. The first kappa shape index (κ1) is 40.8. The Balaban J connectivity index is 1.30. The van der Waals surface area contributed by atoms with Crippen molar-refractivity contribution in [2.45, 2.75) is 71.0 Å². The van der Waals surface area contributed by atoms with Gasteiger partial charge in [-0.1, -0.05) is 101 Å². The van der Waals surface area contributed by atoms with Crippen LogP contribution in [0.15, 0.2) is 85.2 Å². The van der Waals surface area contributed by atoms with E-state index in [0.717, 1.165) is 24.0 Å². The van der Waals surface area contributed by atoms with Gasteiger partial charge in [0.05, 0.1) is 27.0 Å². The summed E-state index contributed by atoms with van der Waals surface area (Å²) >= 11 is 0. The molecule has 2 aromatic carbocycles. The van der Waals surface area contributed by atoms with Crippen molar-refractivity contribution in [3.63, 3.8) is 0 Å². The molecule has 0 aliphatic carbocycles. The first-order valence-corrected chi connectivity index (χ1v) is 21.2. The van der Waals surface area contributed by atoms with E-state index in [4.69, 9.17) is 23.9 Å². The molecule has 3 aromatic heterocycles. The lowest BCUT2D eigenvalue weighted by molar-refractivity contribution is 0.150. The van der Waals surface area contributed by atoms with Crippen molar-refractivity contribution in [3.05, 3.63) is 96.5 Å². The van der Waals surface area contributed by atoms with Gasteiger partial charge in [0.1, 0.15) is 22.5 Å². The standard InChI is InChI=1S/C42H52N8O6Si/c1-7-14-31(21-24-56-57(42(2,3)4,32-15-10-8-11-16-32)33-17-12-9-13-18-33)45-38-37-34(46-39(47-38)48-40(51)55-6)27-44-50(37)28-35-36(54-5)25-30(26-43-35)29-19-22-49(23-20-29)41(52)53/h8-13,15-19,25-27,31H,7,14,20-24,28H2,1-6H3,(H,52,53)(H2,45,46,47,48,51)/t31-/m0/s1. The van der Waals surface area contributed by atoms with Gasteiger partial charge in [-0.2, -0.15) is 10.1 Å². The van der Waals surface area contributed by atoms with Gasteiger partial charge in [-0.25, -0.2) is 14.6 Å². The average Bonchev–Trinajstić information content (AvgIpc) is 3.62. The molecular weight excluding hydrogens is 741 g/mol. The number of amides is 2. The number of ether oxygens (including phenoxy) is 2. The van der Waals surface area contributed by atoms with Gasteiger partial charge in [0.15, 0.2) is 5.82 Å². The molecule has 15 heteroatoms. The van der Waals surface area contributed by atoms with E-state index in [1.54, 1.807) is 24.2 Å². The fourth-order valence-corrected chi connectivity index (χ4v) is 12.1. The molecule has 0 fully saturated rings. The van der Waals surface area contributed by atoms with Crippen LogP contribution in [0, 0.1) is 0 Å². The fraction of sp³-hybridized carbons (Fsp3) is 0.381. The van der Waals surface area contributed by atoms with Crippen LogP contribution in [0.3, 0.4) is 0 Å². The molecule has 2 amide bonds. The average molecular weight is 793 g/mol. The van der Waals surface area contributed by atoms with Gasteiger partial charge in [0.2, 0.25) is 5.95 Å². The lowest BCUT2D eigenvalue weighted by Gasteiger charge is -2.43. The van der Waals surface area contributed by atoms with E-state index in [1.165, 1.54) is 22.4 Å². The predicted molar refractivity (Wildman–Crippen MR) is 224 cm³/mol. The number of nitrogens with one attached hydrogen (secondary N) is 2. The topological polar surface area (TPSA) is 166 Å². The van der Waals surface area contributed by atoms with E-state index >= 15 is 0 Å². The first-order chi connectivity index (χ1) is 27.5. The molecule has 4 heterocycles. The molecule has 1 aliphatic rings. The van der Waals surface area contributed by atoms with Crippen LogP contribution in [0.5, 0.6) is 5.75 Å². The molecule has 6 rings (SSSR count). The molecule has 14 nitrogen and oxygen atoms in total. The highest BCUT2D eigenvalue weighted by Crippen LogP contribution is 2.37. The normalized spacial score (nSPS) is 13.9. The fourth-order valence-electron chi connectivity index (χ4n) is 7.55. The lowest BCUT2D eigenvalue weighted by Crippen LogP contribution is -2.66. The molecule has 5 aromatic rings. The summed E-state index contributed by atoms with van der Waals surface area (Å²) in [6.45, 7) is 10.5. The van der Waals surface area contributed by atoms with Gasteiger partial charge < -0.3 is 29.2 Å². The zero-order valence-corrected chi connectivity index (χ0v) is 34.5. The molecule has 57 heavy (non-hydrogen) atoms. The Morgan fingerprint density at radius 3 is 2.26 bits per heavy atom. The Bertz CT molecular complexity index is 2150. The highest BCUT2D eigenvalue weighted by molar-refractivity contribution is 6.99. The maximum absolute atomic E-state index is 12.3. The number of carbonyl (C=O) groups is 2. The summed E-state index contributed by atoms with van der Waals surface area (Å²) in [7, 11) is 0.125. The quantitative estimate of drug-likeness (QED) is 0.0958. The number of methoxy groups -OCH3 is 2. The minimum absolute atomic E-state index is 0.0478. The lowest BCUT2D eigenvalue weighted by atomic mass is 10.0. The van der Waals surface area contributed by atoms with E-state index in [2.05, 4.69) is 96.9 Å². The molecule has 0 bridgehead atoms. The number of carboxylic acid groups (broad SMARTS) is 1. The van der Waals surface area contributed by atoms with Crippen molar-refractivity contribution in [3.8, 4) is 5.75 Å².